The van der Waals surface area contributed by atoms with Crippen molar-refractivity contribution in [3.63, 3.8) is 0 Å². The van der Waals surface area contributed by atoms with Gasteiger partial charge in [0.2, 0.25) is 5.91 Å². The first kappa shape index (κ1) is 22.4. The number of rotatable bonds is 7. The molecule has 11 nitrogen and oxygen atoms in total. The number of nitrogens with one attached hydrogen (secondary N) is 1. The molecule has 166 valence electrons. The van der Waals surface area contributed by atoms with E-state index in [9.17, 15) is 23.3 Å². The zero-order valence-electron chi connectivity index (χ0n) is 17.1. The highest BCUT2D eigenvalue weighted by atomic mass is 32.2. The number of carbonyl (C=O) groups is 1. The average Bonchev–Trinajstić information content (AvgIpc) is 2.74. The summed E-state index contributed by atoms with van der Waals surface area (Å²) in [5, 5.41) is 14.0. The van der Waals surface area contributed by atoms with Crippen LogP contribution in [-0.4, -0.2) is 104 Å². The van der Waals surface area contributed by atoms with Crippen LogP contribution >= 0.6 is 0 Å². The summed E-state index contributed by atoms with van der Waals surface area (Å²) in [5.41, 5.74) is 0.339. The van der Waals surface area contributed by atoms with Crippen molar-refractivity contribution in [1.29, 1.82) is 0 Å². The molecule has 1 aromatic rings. The molecule has 2 heterocycles. The van der Waals surface area contributed by atoms with E-state index in [1.54, 1.807) is 23.1 Å². The molecule has 12 heteroatoms. The molecule has 0 saturated carbocycles. The van der Waals surface area contributed by atoms with Gasteiger partial charge >= 0.3 is 0 Å². The molecule has 1 aromatic carbocycles. The maximum atomic E-state index is 12.8. The second-order valence-electron chi connectivity index (χ2n) is 7.44. The standard InChI is InChI=1S/C18H28N6O5S/c1-20-8-12-22(13-9-20)30(28,29)23-14-10-21(11-15-23)18(25)6-7-19-16-4-2-3-5-17(16)24(26)27/h2-5,19H,6-15H2,1H3. The zero-order chi connectivity index (χ0) is 21.7. The van der Waals surface area contributed by atoms with E-state index in [1.807, 2.05) is 7.05 Å². The number of benzene rings is 1. The number of piperazine rings is 2. The molecule has 0 atom stereocenters. The largest absolute Gasteiger partial charge is 0.379 e. The zero-order valence-corrected chi connectivity index (χ0v) is 17.9. The fourth-order valence-electron chi connectivity index (χ4n) is 3.59. The van der Waals surface area contributed by atoms with Crippen LogP contribution < -0.4 is 5.32 Å². The van der Waals surface area contributed by atoms with Gasteiger partial charge in [-0.05, 0) is 13.1 Å². The lowest BCUT2D eigenvalue weighted by Crippen LogP contribution is -2.57. The highest BCUT2D eigenvalue weighted by Gasteiger charge is 2.34. The van der Waals surface area contributed by atoms with Crippen LogP contribution in [0.15, 0.2) is 24.3 Å². The van der Waals surface area contributed by atoms with Gasteiger partial charge in [0.05, 0.1) is 4.92 Å². The summed E-state index contributed by atoms with van der Waals surface area (Å²) in [7, 11) is -1.53. The van der Waals surface area contributed by atoms with Gasteiger partial charge in [-0.25, -0.2) is 0 Å². The first-order valence-corrected chi connectivity index (χ1v) is 11.4. The molecule has 3 rings (SSSR count). The fraction of sp³-hybridized carbons (Fsp3) is 0.611. The van der Waals surface area contributed by atoms with Gasteiger partial charge in [-0.2, -0.15) is 17.0 Å². The summed E-state index contributed by atoms with van der Waals surface area (Å²) in [6.07, 6.45) is 0.178. The Morgan fingerprint density at radius 1 is 1.03 bits per heavy atom. The summed E-state index contributed by atoms with van der Waals surface area (Å²) < 4.78 is 28.6. The Balaban J connectivity index is 1.46. The Bertz CT molecular complexity index is 864. The average molecular weight is 441 g/mol. The minimum atomic E-state index is -3.50. The van der Waals surface area contributed by atoms with Crippen molar-refractivity contribution in [3.8, 4) is 0 Å². The van der Waals surface area contributed by atoms with Crippen molar-refractivity contribution >= 4 is 27.5 Å². The Hall–Kier alpha value is -2.28. The van der Waals surface area contributed by atoms with Crippen LogP contribution in [0.1, 0.15) is 6.42 Å². The summed E-state index contributed by atoms with van der Waals surface area (Å²) in [6.45, 7) is 3.90. The molecule has 1 amide bonds. The van der Waals surface area contributed by atoms with Crippen LogP contribution in [0.5, 0.6) is 0 Å². The number of hydrogen-bond donors (Lipinski definition) is 1. The van der Waals surface area contributed by atoms with Crippen LogP contribution in [0, 0.1) is 10.1 Å². The van der Waals surface area contributed by atoms with Crippen molar-refractivity contribution < 1.29 is 18.1 Å². The molecule has 0 aliphatic carbocycles. The quantitative estimate of drug-likeness (QED) is 0.469. The number of carbonyl (C=O) groups excluding carboxylic acids is 1. The van der Waals surface area contributed by atoms with Crippen LogP contribution in [-0.2, 0) is 15.0 Å². The summed E-state index contributed by atoms with van der Waals surface area (Å²) in [5.74, 6) is -0.0993. The monoisotopic (exact) mass is 440 g/mol. The molecule has 2 saturated heterocycles. The van der Waals surface area contributed by atoms with E-state index in [4.69, 9.17) is 0 Å². The third kappa shape index (κ3) is 5.25. The third-order valence-electron chi connectivity index (χ3n) is 5.46. The number of likely N-dealkylation sites (N-methyl/N-ethyl adjacent to an activating group) is 1. The van der Waals surface area contributed by atoms with Crippen molar-refractivity contribution in [3.05, 3.63) is 34.4 Å². The van der Waals surface area contributed by atoms with Gasteiger partial charge in [0.15, 0.2) is 0 Å². The van der Waals surface area contributed by atoms with Gasteiger partial charge < -0.3 is 15.1 Å². The van der Waals surface area contributed by atoms with Gasteiger partial charge in [-0.3, -0.25) is 14.9 Å². The van der Waals surface area contributed by atoms with Crippen molar-refractivity contribution in [2.24, 2.45) is 0 Å². The Morgan fingerprint density at radius 2 is 1.60 bits per heavy atom. The highest BCUT2D eigenvalue weighted by molar-refractivity contribution is 7.86. The Labute approximate surface area is 176 Å². The molecular weight excluding hydrogens is 412 g/mol. The first-order chi connectivity index (χ1) is 14.3. The van der Waals surface area contributed by atoms with E-state index in [-0.39, 0.29) is 37.6 Å². The van der Waals surface area contributed by atoms with E-state index in [2.05, 4.69) is 10.2 Å². The van der Waals surface area contributed by atoms with Gasteiger partial charge in [-0.1, -0.05) is 12.1 Å². The number of nitro benzene ring substituents is 1. The molecule has 2 fully saturated rings. The Morgan fingerprint density at radius 3 is 2.20 bits per heavy atom. The number of hydrogen-bond acceptors (Lipinski definition) is 7. The SMILES string of the molecule is CN1CCN(S(=O)(=O)N2CCN(C(=O)CCNc3ccccc3[N+](=O)[O-])CC2)CC1. The van der Waals surface area contributed by atoms with Crippen LogP contribution in [0.3, 0.4) is 0 Å². The minimum absolute atomic E-state index is 0.0346. The van der Waals surface area contributed by atoms with E-state index in [0.29, 0.717) is 45.0 Å². The second kappa shape index (κ2) is 9.69. The first-order valence-electron chi connectivity index (χ1n) is 9.98. The highest BCUT2D eigenvalue weighted by Crippen LogP contribution is 2.23. The van der Waals surface area contributed by atoms with Crippen molar-refractivity contribution in [2.75, 3.05) is 71.3 Å². The van der Waals surface area contributed by atoms with Crippen LogP contribution in [0.25, 0.3) is 0 Å². The molecule has 0 spiro atoms. The number of anilines is 1. The molecule has 0 unspecified atom stereocenters. The smallest absolute Gasteiger partial charge is 0.292 e. The lowest BCUT2D eigenvalue weighted by Gasteiger charge is -2.39. The Kier molecular flexibility index (Phi) is 7.23. The molecule has 0 aromatic heterocycles. The molecule has 0 radical (unpaired) electrons. The lowest BCUT2D eigenvalue weighted by atomic mass is 10.2. The molecule has 2 aliphatic heterocycles. The van der Waals surface area contributed by atoms with Gasteiger partial charge in [0.1, 0.15) is 5.69 Å². The van der Waals surface area contributed by atoms with E-state index in [1.165, 1.54) is 14.7 Å². The lowest BCUT2D eigenvalue weighted by molar-refractivity contribution is -0.384. The maximum absolute atomic E-state index is 12.8. The topological polar surface area (TPSA) is 119 Å². The van der Waals surface area contributed by atoms with Gasteiger partial charge in [0, 0.05) is 71.4 Å². The summed E-state index contributed by atoms with van der Waals surface area (Å²) >= 11 is 0. The number of nitro groups is 1. The molecule has 1 N–H and O–H groups in total. The predicted octanol–water partition coefficient (Wildman–Crippen LogP) is 0.0332. The molecule has 0 bridgehead atoms. The number of para-hydroxylation sites is 2. The predicted molar refractivity (Wildman–Crippen MR) is 112 cm³/mol. The fourth-order valence-corrected chi connectivity index (χ4v) is 5.17. The van der Waals surface area contributed by atoms with Crippen LogP contribution in [0.2, 0.25) is 0 Å². The summed E-state index contributed by atoms with van der Waals surface area (Å²) in [4.78, 5) is 26.8. The third-order valence-corrected chi connectivity index (χ3v) is 7.50. The van der Waals surface area contributed by atoms with Gasteiger partial charge in [0.25, 0.3) is 15.9 Å². The minimum Gasteiger partial charge on any atom is -0.379 e. The van der Waals surface area contributed by atoms with Gasteiger partial charge in [-0.15, -0.1) is 0 Å². The van der Waals surface area contributed by atoms with E-state index in [0.717, 1.165) is 0 Å². The maximum Gasteiger partial charge on any atom is 0.292 e. The summed E-state index contributed by atoms with van der Waals surface area (Å²) in [6, 6.07) is 6.29. The number of nitrogens with zero attached hydrogens (tertiary/aromatic N) is 5. The second-order valence-corrected chi connectivity index (χ2v) is 9.37. The molecule has 2 aliphatic rings. The van der Waals surface area contributed by atoms with Crippen LogP contribution in [0.4, 0.5) is 11.4 Å². The van der Waals surface area contributed by atoms with Crippen molar-refractivity contribution in [1.82, 2.24) is 18.4 Å². The van der Waals surface area contributed by atoms with Crippen molar-refractivity contribution in [2.45, 2.75) is 6.42 Å². The molecule has 30 heavy (non-hydrogen) atoms. The molecular formula is C18H28N6O5S. The van der Waals surface area contributed by atoms with E-state index < -0.39 is 15.1 Å². The van der Waals surface area contributed by atoms with E-state index >= 15 is 0 Å². The number of amides is 1. The normalized spacial score (nSPS) is 19.6.